The fourth-order valence-electron chi connectivity index (χ4n) is 1.72. The molecule has 0 aliphatic rings. The van der Waals surface area contributed by atoms with Gasteiger partial charge in [0, 0.05) is 18.0 Å². The largest absolute Gasteiger partial charge is 0.313 e. The standard InChI is InChI=1S/C13H19N3O2S3/c1-3-4-14-6-11-5-13(19-8-11)21(17,18)16-7-12-10(2)15-9-20-12/h5,8-9,14,16H,3-4,6-7H2,1-2H3. The van der Waals surface area contributed by atoms with E-state index in [2.05, 4.69) is 21.9 Å². The average Bonchev–Trinajstić information content (AvgIpc) is 3.06. The van der Waals surface area contributed by atoms with E-state index in [0.29, 0.717) is 17.3 Å². The summed E-state index contributed by atoms with van der Waals surface area (Å²) in [6.07, 6.45) is 1.06. The molecule has 5 nitrogen and oxygen atoms in total. The minimum absolute atomic E-state index is 0.292. The first-order chi connectivity index (χ1) is 10.0. The molecule has 0 aliphatic heterocycles. The van der Waals surface area contributed by atoms with Crippen molar-refractivity contribution >= 4 is 32.7 Å². The third kappa shape index (κ3) is 4.58. The van der Waals surface area contributed by atoms with E-state index in [1.54, 1.807) is 11.6 Å². The summed E-state index contributed by atoms with van der Waals surface area (Å²) < 4.78 is 27.5. The molecule has 116 valence electrons. The Morgan fingerprint density at radius 1 is 1.29 bits per heavy atom. The molecule has 0 atom stereocenters. The van der Waals surface area contributed by atoms with Gasteiger partial charge in [-0.25, -0.2) is 18.1 Å². The molecule has 2 rings (SSSR count). The van der Waals surface area contributed by atoms with Crippen LogP contribution in [0.25, 0.3) is 0 Å². The summed E-state index contributed by atoms with van der Waals surface area (Å²) in [5.41, 5.74) is 3.60. The number of nitrogens with one attached hydrogen (secondary N) is 2. The van der Waals surface area contributed by atoms with Crippen molar-refractivity contribution in [2.45, 2.75) is 37.6 Å². The number of nitrogens with zero attached hydrogens (tertiary/aromatic N) is 1. The van der Waals surface area contributed by atoms with E-state index in [1.807, 2.05) is 12.3 Å². The molecule has 2 N–H and O–H groups in total. The van der Waals surface area contributed by atoms with Gasteiger partial charge in [-0.15, -0.1) is 22.7 Å². The SMILES string of the molecule is CCCNCc1csc(S(=O)(=O)NCc2scnc2C)c1. The highest BCUT2D eigenvalue weighted by Crippen LogP contribution is 2.21. The summed E-state index contributed by atoms with van der Waals surface area (Å²) in [5.74, 6) is 0. The Hall–Kier alpha value is -0.800. The zero-order valence-corrected chi connectivity index (χ0v) is 14.5. The predicted molar refractivity (Wildman–Crippen MR) is 87.2 cm³/mol. The van der Waals surface area contributed by atoms with E-state index in [9.17, 15) is 8.42 Å². The van der Waals surface area contributed by atoms with Crippen LogP contribution in [0.3, 0.4) is 0 Å². The highest BCUT2D eigenvalue weighted by atomic mass is 32.2. The van der Waals surface area contributed by atoms with Crippen LogP contribution in [0.4, 0.5) is 0 Å². The lowest BCUT2D eigenvalue weighted by molar-refractivity contribution is 0.583. The molecule has 8 heteroatoms. The predicted octanol–water partition coefficient (Wildman–Crippen LogP) is 2.49. The van der Waals surface area contributed by atoms with Gasteiger partial charge < -0.3 is 5.32 Å². The molecular formula is C13H19N3O2S3. The van der Waals surface area contributed by atoms with E-state index in [0.717, 1.165) is 29.1 Å². The molecule has 0 saturated carbocycles. The van der Waals surface area contributed by atoms with Crippen LogP contribution in [0.2, 0.25) is 0 Å². The fraction of sp³-hybridized carbons (Fsp3) is 0.462. The molecule has 0 fully saturated rings. The first-order valence-corrected chi connectivity index (χ1v) is 9.94. The third-order valence-electron chi connectivity index (χ3n) is 2.92. The molecule has 0 saturated heterocycles. The summed E-state index contributed by atoms with van der Waals surface area (Å²) in [7, 11) is -3.44. The van der Waals surface area contributed by atoms with Gasteiger partial charge >= 0.3 is 0 Å². The van der Waals surface area contributed by atoms with E-state index in [-0.39, 0.29) is 0 Å². The Balaban J connectivity index is 1.97. The number of aromatic nitrogens is 1. The highest BCUT2D eigenvalue weighted by Gasteiger charge is 2.17. The molecule has 2 heterocycles. The van der Waals surface area contributed by atoms with E-state index in [4.69, 9.17) is 0 Å². The Bertz CT molecular complexity index is 676. The number of aryl methyl sites for hydroxylation is 1. The van der Waals surface area contributed by atoms with Gasteiger partial charge in [-0.2, -0.15) is 0 Å². The first kappa shape index (κ1) is 16.6. The van der Waals surface area contributed by atoms with Crippen LogP contribution in [0.15, 0.2) is 21.2 Å². The zero-order chi connectivity index (χ0) is 15.3. The molecule has 0 bridgehead atoms. The van der Waals surface area contributed by atoms with Crippen LogP contribution in [-0.2, 0) is 23.1 Å². The Kier molecular flexibility index (Phi) is 5.88. The minimum Gasteiger partial charge on any atom is -0.313 e. The molecular weight excluding hydrogens is 326 g/mol. The van der Waals surface area contributed by atoms with Gasteiger partial charge in [-0.3, -0.25) is 0 Å². The summed E-state index contributed by atoms with van der Waals surface area (Å²) in [5, 5.41) is 5.15. The number of sulfonamides is 1. The fourth-order valence-corrected chi connectivity index (χ4v) is 4.78. The van der Waals surface area contributed by atoms with Crippen molar-refractivity contribution in [2.24, 2.45) is 0 Å². The summed E-state index contributed by atoms with van der Waals surface area (Å²) in [6, 6.07) is 1.73. The molecule has 0 amide bonds. The van der Waals surface area contributed by atoms with Crippen molar-refractivity contribution in [2.75, 3.05) is 6.54 Å². The Morgan fingerprint density at radius 3 is 2.76 bits per heavy atom. The van der Waals surface area contributed by atoms with Crippen molar-refractivity contribution in [3.8, 4) is 0 Å². The van der Waals surface area contributed by atoms with Crippen molar-refractivity contribution in [3.63, 3.8) is 0 Å². The lowest BCUT2D eigenvalue weighted by atomic mass is 10.3. The molecule has 0 aliphatic carbocycles. The second-order valence-corrected chi connectivity index (χ2v) is 8.48. The quantitative estimate of drug-likeness (QED) is 0.721. The summed E-state index contributed by atoms with van der Waals surface area (Å²) in [6.45, 7) is 5.90. The lowest BCUT2D eigenvalue weighted by Crippen LogP contribution is -2.22. The lowest BCUT2D eigenvalue weighted by Gasteiger charge is -2.03. The van der Waals surface area contributed by atoms with Crippen LogP contribution < -0.4 is 10.0 Å². The van der Waals surface area contributed by atoms with E-state index in [1.165, 1.54) is 22.7 Å². The number of hydrogen-bond donors (Lipinski definition) is 2. The van der Waals surface area contributed by atoms with E-state index < -0.39 is 10.0 Å². The third-order valence-corrected chi connectivity index (χ3v) is 6.74. The molecule has 0 unspecified atom stereocenters. The highest BCUT2D eigenvalue weighted by molar-refractivity contribution is 7.91. The Morgan fingerprint density at radius 2 is 2.10 bits per heavy atom. The van der Waals surface area contributed by atoms with Gasteiger partial charge in [0.1, 0.15) is 4.21 Å². The van der Waals surface area contributed by atoms with Gasteiger partial charge in [0.2, 0.25) is 10.0 Å². The zero-order valence-electron chi connectivity index (χ0n) is 12.0. The number of rotatable bonds is 8. The molecule has 2 aromatic rings. The van der Waals surface area contributed by atoms with Crippen molar-refractivity contribution in [1.29, 1.82) is 0 Å². The number of thiazole rings is 1. The number of hydrogen-bond acceptors (Lipinski definition) is 6. The molecule has 21 heavy (non-hydrogen) atoms. The normalized spacial score (nSPS) is 11.9. The van der Waals surface area contributed by atoms with Crippen molar-refractivity contribution in [1.82, 2.24) is 15.0 Å². The van der Waals surface area contributed by atoms with E-state index >= 15 is 0 Å². The van der Waals surface area contributed by atoms with Crippen molar-refractivity contribution in [3.05, 3.63) is 33.1 Å². The molecule has 0 spiro atoms. The molecule has 0 radical (unpaired) electrons. The maximum Gasteiger partial charge on any atom is 0.250 e. The van der Waals surface area contributed by atoms with Gasteiger partial charge in [0.25, 0.3) is 0 Å². The van der Waals surface area contributed by atoms with Gasteiger partial charge in [-0.1, -0.05) is 6.92 Å². The van der Waals surface area contributed by atoms with Crippen LogP contribution >= 0.6 is 22.7 Å². The monoisotopic (exact) mass is 345 g/mol. The van der Waals surface area contributed by atoms with Crippen LogP contribution in [0.5, 0.6) is 0 Å². The van der Waals surface area contributed by atoms with Crippen LogP contribution in [-0.4, -0.2) is 19.9 Å². The summed E-state index contributed by atoms with van der Waals surface area (Å²) in [4.78, 5) is 5.06. The molecule has 2 aromatic heterocycles. The maximum atomic E-state index is 12.2. The van der Waals surface area contributed by atoms with Crippen LogP contribution in [0.1, 0.15) is 29.5 Å². The number of thiophene rings is 1. The second kappa shape index (κ2) is 7.46. The molecule has 0 aromatic carbocycles. The first-order valence-electron chi connectivity index (χ1n) is 6.69. The maximum absolute atomic E-state index is 12.2. The summed E-state index contributed by atoms with van der Waals surface area (Å²) >= 11 is 2.71. The van der Waals surface area contributed by atoms with Crippen molar-refractivity contribution < 1.29 is 8.42 Å². The van der Waals surface area contributed by atoms with Gasteiger partial charge in [0.05, 0.1) is 11.2 Å². The minimum atomic E-state index is -3.44. The topological polar surface area (TPSA) is 71.1 Å². The van der Waals surface area contributed by atoms with Gasteiger partial charge in [-0.05, 0) is 36.9 Å². The average molecular weight is 346 g/mol. The Labute approximate surface area is 133 Å². The smallest absolute Gasteiger partial charge is 0.250 e. The van der Waals surface area contributed by atoms with Gasteiger partial charge in [0.15, 0.2) is 0 Å². The van der Waals surface area contributed by atoms with Crippen LogP contribution in [0, 0.1) is 6.92 Å². The second-order valence-electron chi connectivity index (χ2n) is 4.64.